The average Bonchev–Trinajstić information content (AvgIpc) is 3.14. The Morgan fingerprint density at radius 2 is 0.426 bits per heavy atom. The topological polar surface area (TPSA) is 18.5 Å². The second-order valence-electron chi connectivity index (χ2n) is 9.92. The van der Waals surface area contributed by atoms with Crippen LogP contribution in [0.25, 0.3) is 0 Å². The maximum atomic E-state index is 14.9. The highest BCUT2D eigenvalue weighted by molar-refractivity contribution is 7.69. The molecule has 0 aromatic heterocycles. The fraction of sp³-hybridized carbons (Fsp3) is 0. The quantitative estimate of drug-likeness (QED) is 0.0672. The fourth-order valence-corrected chi connectivity index (χ4v) is 7.96. The van der Waals surface area contributed by atoms with E-state index in [0.29, 0.717) is 18.2 Å². The van der Waals surface area contributed by atoms with E-state index in [0.717, 1.165) is 0 Å². The summed E-state index contributed by atoms with van der Waals surface area (Å²) in [7, 11) is -9.06. The molecule has 54 heavy (non-hydrogen) atoms. The first-order valence-corrected chi connectivity index (χ1v) is 15.8. The monoisotopic (exact) mass is 838 g/mol. The first-order chi connectivity index (χ1) is 25.1. The molecule has 0 saturated carbocycles. The molecule has 24 heteroatoms. The molecule has 0 aliphatic rings. The molecule has 0 aliphatic heterocycles. The van der Waals surface area contributed by atoms with Crippen LogP contribution in [0.1, 0.15) is 0 Å². The van der Waals surface area contributed by atoms with Gasteiger partial charge < -0.3 is 9.05 Å². The predicted octanol–water partition coefficient (Wildman–Crippen LogP) is 9.32. The van der Waals surface area contributed by atoms with Crippen molar-refractivity contribution < 1.29 is 96.9 Å². The number of hydrogen-bond donors (Lipinski definition) is 0. The fourth-order valence-electron chi connectivity index (χ4n) is 4.29. The Morgan fingerprint density at radius 1 is 0.259 bits per heavy atom. The van der Waals surface area contributed by atoms with Crippen molar-refractivity contribution in [3.05, 3.63) is 141 Å². The minimum Gasteiger partial charge on any atom is -0.464 e. The normalized spacial score (nSPS) is 11.7. The first-order valence-electron chi connectivity index (χ1n) is 13.3. The molecule has 0 amide bonds. The summed E-state index contributed by atoms with van der Waals surface area (Å²) in [5.41, 5.74) is 0. The van der Waals surface area contributed by atoms with Gasteiger partial charge in [0.25, 0.3) is 0 Å². The van der Waals surface area contributed by atoms with Crippen molar-refractivity contribution in [2.45, 2.75) is 0 Å². The summed E-state index contributed by atoms with van der Waals surface area (Å²) in [6, 6.07) is 1.60. The van der Waals surface area contributed by atoms with E-state index in [1.165, 1.54) is 0 Å². The molecule has 0 unspecified atom stereocenters. The van der Waals surface area contributed by atoms with E-state index in [4.69, 9.17) is 9.05 Å². The standard InChI is InChI=1S/C30H4F20O2P2/c31-7-11(35)19(43)27(20(44)12(7)36)53(28-21(45)13(37)8(32)14(38)22(28)46)51-5-2-1-3-6(4-5)52-54(29-23(47)15(39)9(33)16(40)24(29)48)30-25(49)17(41)10(34)18(42)26(30)50/h1-4H. The Kier molecular flexibility index (Phi) is 11.0. The van der Waals surface area contributed by atoms with Gasteiger partial charge in [0.15, 0.2) is 109 Å². The zero-order valence-corrected chi connectivity index (χ0v) is 26.4. The molecule has 5 aromatic rings. The van der Waals surface area contributed by atoms with Crippen LogP contribution in [-0.2, 0) is 0 Å². The minimum atomic E-state index is -4.53. The molecule has 2 nitrogen and oxygen atoms in total. The summed E-state index contributed by atoms with van der Waals surface area (Å²) < 4.78 is 298. The zero-order chi connectivity index (χ0) is 40.4. The summed E-state index contributed by atoms with van der Waals surface area (Å²) in [6.07, 6.45) is 0. The van der Waals surface area contributed by atoms with E-state index in [-0.39, 0.29) is 6.07 Å². The van der Waals surface area contributed by atoms with Crippen LogP contribution in [0.2, 0.25) is 0 Å². The van der Waals surface area contributed by atoms with E-state index in [1.54, 1.807) is 0 Å². The van der Waals surface area contributed by atoms with Gasteiger partial charge >= 0.3 is 0 Å². The highest BCUT2D eigenvalue weighted by Crippen LogP contribution is 2.46. The first kappa shape index (κ1) is 40.3. The third-order valence-electron chi connectivity index (χ3n) is 6.76. The lowest BCUT2D eigenvalue weighted by Gasteiger charge is -2.24. The van der Waals surface area contributed by atoms with Gasteiger partial charge in [-0.05, 0) is 12.1 Å². The number of halogens is 20. The van der Waals surface area contributed by atoms with Crippen molar-refractivity contribution in [3.8, 4) is 11.5 Å². The van der Waals surface area contributed by atoms with Gasteiger partial charge in [0.05, 0.1) is 21.2 Å². The summed E-state index contributed by atoms with van der Waals surface area (Å²) in [5, 5.41) is -9.44. The van der Waals surface area contributed by atoms with Crippen LogP contribution in [0.5, 0.6) is 11.5 Å². The SMILES string of the molecule is Fc1c(F)c(F)c(P(Oc2cccc(OP(c3c(F)c(F)c(F)c(F)c3F)c3c(F)c(F)c(F)c(F)c3F)c2)c2c(F)c(F)c(F)c(F)c2F)c(F)c1F. The van der Waals surface area contributed by atoms with Crippen molar-refractivity contribution in [1.29, 1.82) is 0 Å². The van der Waals surface area contributed by atoms with Crippen molar-refractivity contribution in [3.63, 3.8) is 0 Å². The van der Waals surface area contributed by atoms with Gasteiger partial charge in [0.2, 0.25) is 23.3 Å². The molecule has 0 spiro atoms. The minimum absolute atomic E-state index is 0.126. The number of benzene rings is 5. The lowest BCUT2D eigenvalue weighted by Crippen LogP contribution is -2.31. The second kappa shape index (κ2) is 14.8. The highest BCUT2D eigenvalue weighted by Gasteiger charge is 2.42. The number of rotatable bonds is 8. The molecule has 5 rings (SSSR count). The van der Waals surface area contributed by atoms with Crippen LogP contribution in [0.3, 0.4) is 0 Å². The van der Waals surface area contributed by atoms with Gasteiger partial charge in [-0.1, -0.05) is 6.07 Å². The van der Waals surface area contributed by atoms with Crippen molar-refractivity contribution in [2.24, 2.45) is 0 Å². The maximum absolute atomic E-state index is 14.9. The van der Waals surface area contributed by atoms with E-state index >= 15 is 0 Å². The Labute approximate surface area is 286 Å². The third-order valence-corrected chi connectivity index (χ3v) is 10.7. The molecule has 5 aromatic carbocycles. The molecule has 0 N–H and O–H groups in total. The van der Waals surface area contributed by atoms with Gasteiger partial charge in [-0.15, -0.1) is 0 Å². The second-order valence-corrected chi connectivity index (χ2v) is 13.3. The lowest BCUT2D eigenvalue weighted by molar-refractivity contribution is 0.381. The Bertz CT molecular complexity index is 1970. The number of hydrogen-bond acceptors (Lipinski definition) is 2. The third kappa shape index (κ3) is 6.41. The van der Waals surface area contributed by atoms with Crippen LogP contribution in [0.4, 0.5) is 87.8 Å². The van der Waals surface area contributed by atoms with E-state index < -0.39 is 165 Å². The van der Waals surface area contributed by atoms with E-state index in [2.05, 4.69) is 0 Å². The molecule has 0 fully saturated rings. The molecular weight excluding hydrogens is 834 g/mol. The van der Waals surface area contributed by atoms with Crippen LogP contribution >= 0.6 is 16.3 Å². The largest absolute Gasteiger partial charge is 0.464 e. The molecule has 0 saturated heterocycles. The Hall–Kier alpha value is -4.84. The van der Waals surface area contributed by atoms with Gasteiger partial charge in [-0.2, -0.15) is 0 Å². The van der Waals surface area contributed by atoms with Gasteiger partial charge in [0, 0.05) is 6.07 Å². The summed E-state index contributed by atoms with van der Waals surface area (Å²) >= 11 is 0. The lowest BCUT2D eigenvalue weighted by atomic mass is 10.3. The van der Waals surface area contributed by atoms with Crippen molar-refractivity contribution >= 4 is 37.5 Å². The van der Waals surface area contributed by atoms with E-state index in [1.807, 2.05) is 0 Å². The summed E-state index contributed by atoms with van der Waals surface area (Å²) in [6.45, 7) is 0. The van der Waals surface area contributed by atoms with Crippen LogP contribution < -0.4 is 30.3 Å². The van der Waals surface area contributed by atoms with Gasteiger partial charge in [0.1, 0.15) is 11.5 Å². The molecule has 0 radical (unpaired) electrons. The Morgan fingerprint density at radius 3 is 0.611 bits per heavy atom. The average molecular weight is 838 g/mol. The zero-order valence-electron chi connectivity index (χ0n) is 24.6. The van der Waals surface area contributed by atoms with Gasteiger partial charge in [-0.3, -0.25) is 0 Å². The molecule has 0 aliphatic carbocycles. The molecule has 286 valence electrons. The van der Waals surface area contributed by atoms with Crippen LogP contribution in [0.15, 0.2) is 24.3 Å². The van der Waals surface area contributed by atoms with Crippen molar-refractivity contribution in [1.82, 2.24) is 0 Å². The van der Waals surface area contributed by atoms with Gasteiger partial charge in [-0.25, -0.2) is 87.8 Å². The highest BCUT2D eigenvalue weighted by atomic mass is 31.1. The predicted molar refractivity (Wildman–Crippen MR) is 145 cm³/mol. The summed E-state index contributed by atoms with van der Waals surface area (Å²) in [5.74, 6) is -60.4. The Balaban J connectivity index is 1.75. The molecule has 0 atom stereocenters. The maximum Gasteiger partial charge on any atom is 0.200 e. The summed E-state index contributed by atoms with van der Waals surface area (Å²) in [4.78, 5) is 0. The smallest absolute Gasteiger partial charge is 0.200 e. The molecular formula is C30H4F20O2P2. The van der Waals surface area contributed by atoms with Crippen LogP contribution in [0, 0.1) is 116 Å². The molecule has 0 heterocycles. The molecule has 0 bridgehead atoms. The van der Waals surface area contributed by atoms with Crippen molar-refractivity contribution in [2.75, 3.05) is 0 Å². The van der Waals surface area contributed by atoms with E-state index in [9.17, 15) is 87.8 Å². The van der Waals surface area contributed by atoms with Crippen LogP contribution in [-0.4, -0.2) is 0 Å².